The van der Waals surface area contributed by atoms with Crippen LogP contribution in [0.25, 0.3) is 0 Å². The third kappa shape index (κ3) is 5.07. The summed E-state index contributed by atoms with van der Waals surface area (Å²) in [5.41, 5.74) is 1.96. The second-order valence-corrected chi connectivity index (χ2v) is 8.67. The van der Waals surface area contributed by atoms with E-state index in [9.17, 15) is 19.8 Å². The molecule has 1 aliphatic heterocycles. The minimum absolute atomic E-state index is 0.0232. The Morgan fingerprint density at radius 3 is 2.61 bits per heavy atom. The smallest absolute Gasteiger partial charge is 0.273 e. The van der Waals surface area contributed by atoms with Crippen molar-refractivity contribution in [2.75, 3.05) is 19.7 Å². The molecule has 8 nitrogen and oxygen atoms in total. The molecule has 2 aromatic rings. The molecule has 166 valence electrons. The number of aromatic nitrogens is 1. The van der Waals surface area contributed by atoms with E-state index in [1.165, 1.54) is 0 Å². The molecular formula is C23H29N3O5. The number of aryl methyl sites for hydroxylation is 1. The van der Waals surface area contributed by atoms with Gasteiger partial charge in [0.15, 0.2) is 5.69 Å². The Labute approximate surface area is 181 Å². The van der Waals surface area contributed by atoms with Crippen molar-refractivity contribution in [2.24, 2.45) is 5.92 Å². The summed E-state index contributed by atoms with van der Waals surface area (Å²) >= 11 is 0. The SMILES string of the molecule is Cc1cc(C[C@H](CO)C(=O)N2CCC(NC(=O)c3cc(C4CC4)on3)CC2)ccc1O. The van der Waals surface area contributed by atoms with Gasteiger partial charge in [-0.05, 0) is 56.2 Å². The molecule has 1 atom stereocenters. The van der Waals surface area contributed by atoms with Crippen LogP contribution in [0.5, 0.6) is 5.75 Å². The van der Waals surface area contributed by atoms with E-state index in [1.807, 2.05) is 6.07 Å². The number of hydrogen-bond donors (Lipinski definition) is 3. The summed E-state index contributed by atoms with van der Waals surface area (Å²) < 4.78 is 5.25. The van der Waals surface area contributed by atoms with Crippen LogP contribution >= 0.6 is 0 Å². The van der Waals surface area contributed by atoms with Crippen LogP contribution in [-0.2, 0) is 11.2 Å². The molecule has 0 unspecified atom stereocenters. The Morgan fingerprint density at radius 1 is 1.23 bits per heavy atom. The van der Waals surface area contributed by atoms with E-state index in [-0.39, 0.29) is 30.2 Å². The quantitative estimate of drug-likeness (QED) is 0.623. The van der Waals surface area contributed by atoms with Crippen molar-refractivity contribution in [3.8, 4) is 5.75 Å². The van der Waals surface area contributed by atoms with Crippen LogP contribution in [0.1, 0.15) is 59.0 Å². The van der Waals surface area contributed by atoms with E-state index < -0.39 is 5.92 Å². The number of aromatic hydroxyl groups is 1. The van der Waals surface area contributed by atoms with Crippen LogP contribution in [0.15, 0.2) is 28.8 Å². The molecule has 2 fully saturated rings. The average molecular weight is 428 g/mol. The molecule has 8 heteroatoms. The lowest BCUT2D eigenvalue weighted by atomic mass is 9.95. The van der Waals surface area contributed by atoms with Gasteiger partial charge < -0.3 is 25.0 Å². The first kappa shape index (κ1) is 21.4. The van der Waals surface area contributed by atoms with Crippen LogP contribution in [0.3, 0.4) is 0 Å². The van der Waals surface area contributed by atoms with E-state index >= 15 is 0 Å². The number of hydrogen-bond acceptors (Lipinski definition) is 6. The van der Waals surface area contributed by atoms with Crippen molar-refractivity contribution < 1.29 is 24.3 Å². The molecular weight excluding hydrogens is 398 g/mol. The molecule has 0 bridgehead atoms. The van der Waals surface area contributed by atoms with Crippen molar-refractivity contribution in [1.29, 1.82) is 0 Å². The molecule has 2 heterocycles. The molecule has 1 saturated carbocycles. The van der Waals surface area contributed by atoms with Crippen molar-refractivity contribution in [3.05, 3.63) is 46.8 Å². The van der Waals surface area contributed by atoms with Crippen molar-refractivity contribution in [3.63, 3.8) is 0 Å². The number of aliphatic hydroxyl groups is 1. The van der Waals surface area contributed by atoms with Gasteiger partial charge >= 0.3 is 0 Å². The Morgan fingerprint density at radius 2 is 1.97 bits per heavy atom. The van der Waals surface area contributed by atoms with E-state index in [0.29, 0.717) is 44.0 Å². The van der Waals surface area contributed by atoms with Gasteiger partial charge in [0.25, 0.3) is 5.91 Å². The van der Waals surface area contributed by atoms with Gasteiger partial charge in [-0.1, -0.05) is 17.3 Å². The van der Waals surface area contributed by atoms with Gasteiger partial charge in [-0.3, -0.25) is 9.59 Å². The third-order valence-electron chi connectivity index (χ3n) is 6.20. The lowest BCUT2D eigenvalue weighted by Gasteiger charge is -2.34. The number of nitrogens with one attached hydrogen (secondary N) is 1. The lowest BCUT2D eigenvalue weighted by Crippen LogP contribution is -2.48. The largest absolute Gasteiger partial charge is 0.508 e. The van der Waals surface area contributed by atoms with E-state index in [1.54, 1.807) is 30.0 Å². The Kier molecular flexibility index (Phi) is 6.27. The standard InChI is InChI=1S/C23H29N3O5/c1-14-10-15(2-5-20(14)28)11-17(13-27)23(30)26-8-6-18(7-9-26)24-22(29)19-12-21(31-25-19)16-3-4-16/h2,5,10,12,16-18,27-28H,3-4,6-9,11,13H2,1H3,(H,24,29)/t17-/m1/s1. The molecule has 2 amide bonds. The molecule has 1 aromatic carbocycles. The summed E-state index contributed by atoms with van der Waals surface area (Å²) in [6, 6.07) is 6.93. The van der Waals surface area contributed by atoms with Gasteiger partial charge in [0, 0.05) is 31.1 Å². The first-order chi connectivity index (χ1) is 14.9. The van der Waals surface area contributed by atoms with Crippen LogP contribution in [-0.4, -0.2) is 57.8 Å². The fourth-order valence-electron chi connectivity index (χ4n) is 4.08. The maximum absolute atomic E-state index is 12.9. The molecule has 0 spiro atoms. The van der Waals surface area contributed by atoms with Gasteiger partial charge in [0.2, 0.25) is 5.91 Å². The van der Waals surface area contributed by atoms with E-state index in [4.69, 9.17) is 4.52 Å². The highest BCUT2D eigenvalue weighted by atomic mass is 16.5. The monoisotopic (exact) mass is 427 g/mol. The van der Waals surface area contributed by atoms with Crippen LogP contribution < -0.4 is 5.32 Å². The van der Waals surface area contributed by atoms with E-state index in [2.05, 4.69) is 10.5 Å². The third-order valence-corrected chi connectivity index (χ3v) is 6.20. The van der Waals surface area contributed by atoms with E-state index in [0.717, 1.165) is 29.7 Å². The second-order valence-electron chi connectivity index (χ2n) is 8.67. The minimum atomic E-state index is -0.522. The highest BCUT2D eigenvalue weighted by Gasteiger charge is 2.31. The second kappa shape index (κ2) is 9.09. The van der Waals surface area contributed by atoms with Gasteiger partial charge in [-0.2, -0.15) is 0 Å². The molecule has 3 N–H and O–H groups in total. The summed E-state index contributed by atoms with van der Waals surface area (Å²) in [6.07, 6.45) is 3.90. The minimum Gasteiger partial charge on any atom is -0.508 e. The van der Waals surface area contributed by atoms with Gasteiger partial charge in [0.1, 0.15) is 11.5 Å². The zero-order valence-corrected chi connectivity index (χ0v) is 17.7. The Balaban J connectivity index is 1.27. The number of carbonyl (C=O) groups is 2. The number of phenolic OH excluding ortho intramolecular Hbond substituents is 1. The van der Waals surface area contributed by atoms with Crippen LogP contribution in [0, 0.1) is 12.8 Å². The van der Waals surface area contributed by atoms with Crippen molar-refractivity contribution in [1.82, 2.24) is 15.4 Å². The number of benzene rings is 1. The maximum Gasteiger partial charge on any atom is 0.273 e. The number of amides is 2. The molecule has 0 radical (unpaired) electrons. The van der Waals surface area contributed by atoms with Crippen molar-refractivity contribution >= 4 is 11.8 Å². The summed E-state index contributed by atoms with van der Waals surface area (Å²) in [7, 11) is 0. The Bertz CT molecular complexity index is 944. The highest BCUT2D eigenvalue weighted by Crippen LogP contribution is 2.40. The first-order valence-corrected chi connectivity index (χ1v) is 10.9. The summed E-state index contributed by atoms with van der Waals surface area (Å²) in [5, 5.41) is 26.3. The first-order valence-electron chi connectivity index (χ1n) is 10.9. The number of rotatable bonds is 7. The molecule has 31 heavy (non-hydrogen) atoms. The Hall–Kier alpha value is -2.87. The molecule has 1 aromatic heterocycles. The van der Waals surface area contributed by atoms with Gasteiger partial charge in [-0.25, -0.2) is 0 Å². The highest BCUT2D eigenvalue weighted by molar-refractivity contribution is 5.92. The van der Waals surface area contributed by atoms with Crippen LogP contribution in [0.2, 0.25) is 0 Å². The fraction of sp³-hybridized carbons (Fsp3) is 0.522. The average Bonchev–Trinajstić information content (AvgIpc) is 3.50. The van der Waals surface area contributed by atoms with Gasteiger partial charge in [0.05, 0.1) is 12.5 Å². The van der Waals surface area contributed by atoms with Crippen LogP contribution in [0.4, 0.5) is 0 Å². The number of aliphatic hydroxyl groups excluding tert-OH is 1. The predicted molar refractivity (Wildman–Crippen MR) is 113 cm³/mol. The van der Waals surface area contributed by atoms with Crippen molar-refractivity contribution in [2.45, 2.75) is 51.0 Å². The summed E-state index contributed by atoms with van der Waals surface area (Å²) in [5.74, 6) is 0.567. The number of likely N-dealkylation sites (tertiary alicyclic amines) is 1. The molecule has 1 aliphatic carbocycles. The number of carbonyl (C=O) groups excluding carboxylic acids is 2. The summed E-state index contributed by atoms with van der Waals surface area (Å²) in [4.78, 5) is 27.1. The predicted octanol–water partition coefficient (Wildman–Crippen LogP) is 2.14. The number of phenols is 1. The lowest BCUT2D eigenvalue weighted by molar-refractivity contribution is -0.137. The molecule has 2 aliphatic rings. The maximum atomic E-state index is 12.9. The molecule has 1 saturated heterocycles. The molecule has 4 rings (SSSR count). The number of nitrogens with zero attached hydrogens (tertiary/aromatic N) is 2. The topological polar surface area (TPSA) is 116 Å². The normalized spacial score (nSPS) is 18.1. The fourth-order valence-corrected chi connectivity index (χ4v) is 4.08. The van der Waals surface area contributed by atoms with Gasteiger partial charge in [-0.15, -0.1) is 0 Å². The summed E-state index contributed by atoms with van der Waals surface area (Å²) in [6.45, 7) is 2.63. The number of piperidine rings is 1. The zero-order chi connectivity index (χ0) is 22.0. The zero-order valence-electron chi connectivity index (χ0n) is 17.7.